The van der Waals surface area contributed by atoms with E-state index in [1.54, 1.807) is 64.1 Å². The van der Waals surface area contributed by atoms with Crippen molar-refractivity contribution >= 4 is 107 Å². The quantitative estimate of drug-likeness (QED) is 0.0306. The molecule has 80 heavy (non-hydrogen) atoms. The highest BCUT2D eigenvalue weighted by atomic mass is 32.2. The van der Waals surface area contributed by atoms with Crippen molar-refractivity contribution in [3.8, 4) is 0 Å². The van der Waals surface area contributed by atoms with Gasteiger partial charge in [0.25, 0.3) is 11.5 Å². The normalized spacial score (nSPS) is 16.7. The maximum atomic E-state index is 16.0. The lowest BCUT2D eigenvalue weighted by molar-refractivity contribution is -0.362. The summed E-state index contributed by atoms with van der Waals surface area (Å²) in [5, 5.41) is 34.3. The van der Waals surface area contributed by atoms with Gasteiger partial charge in [-0.3, -0.25) is 53.0 Å². The summed E-state index contributed by atoms with van der Waals surface area (Å²) in [6.45, 7) is 2.17. The second-order valence-electron chi connectivity index (χ2n) is 19.2. The number of aliphatic carboxylic acids is 2. The number of nitrogens with zero attached hydrogens (tertiary/aromatic N) is 6. The molecule has 0 spiro atoms. The van der Waals surface area contributed by atoms with Crippen LogP contribution in [0.25, 0.3) is 17.2 Å². The van der Waals surface area contributed by atoms with Crippen LogP contribution in [-0.4, -0.2) is 158 Å². The van der Waals surface area contributed by atoms with Gasteiger partial charge in [-0.25, -0.2) is 14.8 Å². The molecule has 1 unspecified atom stereocenters. The summed E-state index contributed by atoms with van der Waals surface area (Å²) >= 11 is 0.825. The van der Waals surface area contributed by atoms with Crippen LogP contribution in [0.5, 0.6) is 0 Å². The summed E-state index contributed by atoms with van der Waals surface area (Å²) < 4.78 is 33.9. The number of carbonyl (C=O) groups excluding carboxylic acids is 7. The van der Waals surface area contributed by atoms with Crippen LogP contribution >= 0.6 is 11.8 Å². The van der Waals surface area contributed by atoms with Crippen LogP contribution in [0.1, 0.15) is 91.8 Å². The minimum atomic E-state index is -4.30. The number of hydrogen-bond acceptors (Lipinski definition) is 16. The Morgan fingerprint density at radius 1 is 0.925 bits per heavy atom. The first-order valence-electron chi connectivity index (χ1n) is 25.4. The molecule has 5 atom stereocenters. The van der Waals surface area contributed by atoms with E-state index >= 15 is 8.63 Å². The van der Waals surface area contributed by atoms with Crippen molar-refractivity contribution in [2.24, 2.45) is 0 Å². The molecule has 26 nitrogen and oxygen atoms in total. The number of benzene rings is 1. The third-order valence-electron chi connectivity index (χ3n) is 13.3. The van der Waals surface area contributed by atoms with Crippen LogP contribution in [0.3, 0.4) is 0 Å². The number of carboxylic acid groups (broad SMARTS) is 2. The van der Waals surface area contributed by atoms with Crippen molar-refractivity contribution in [1.29, 1.82) is 0 Å². The van der Waals surface area contributed by atoms with Gasteiger partial charge in [0.05, 0.1) is 30.1 Å². The molecule has 0 bridgehead atoms. The van der Waals surface area contributed by atoms with Gasteiger partial charge in [0, 0.05) is 85.7 Å². The standard InChI is InChI=1S/C50H59BF2N14O12S/c1-5-65-40(70)21-37(48(65)77)80-24-35(49(78)79)62-45(74)33(16-17-55-38(68)15-13-31-11-12-32-19-36-25(2)18-27(4)66(36)51(52,53)67(31)32)61-46(75)34(20-41(71)72)60-39(69)14-6-26(3)58-44(73)28-7-9-29(10-8-28)56-22-30-23-57-43-42(59-30)47(76)64-50(54)63-43/h7-12,18-19,23,26,33-35,37,56H,5-6,13-17,20-22,24H2,1-4H3,(H,55,68)(H,58,73)(H,60,69)(H,61,75)(H,62,74)(H,71,72)(H,78,79)(H3,54,57,63,64,76)/t26-,33+,34+,35+,37?/m1/s1. The van der Waals surface area contributed by atoms with E-state index in [1.165, 1.54) is 18.3 Å². The van der Waals surface area contributed by atoms with Crippen molar-refractivity contribution in [3.05, 3.63) is 92.9 Å². The SMILES string of the molecule is CCN1C(=O)CC(SC[C@H](NC(=O)[C@H](CCNC(=O)CCC2=[N+]3C(=Cc4c(C)cc(C)n4[B-]3(F)F)C=C2)NC(=O)[C@H](CC(=O)O)NC(=O)CC[C@@H](C)NC(=O)c2ccc(NCc3cnc4nc(N)[nH]c(=O)c4n3)cc2)C(=O)O)C1=O. The first-order valence-corrected chi connectivity index (χ1v) is 26.5. The van der Waals surface area contributed by atoms with Crippen LogP contribution < -0.4 is 43.2 Å². The number of halogens is 2. The lowest BCUT2D eigenvalue weighted by Crippen LogP contribution is -2.57. The van der Waals surface area contributed by atoms with E-state index in [-0.39, 0.29) is 85.8 Å². The first-order chi connectivity index (χ1) is 37.9. The predicted octanol–water partition coefficient (Wildman–Crippen LogP) is 0.706. The lowest BCUT2D eigenvalue weighted by Gasteiger charge is -2.30. The number of carboxylic acids is 2. The largest absolute Gasteiger partial charge is 0.737 e. The molecule has 0 aliphatic carbocycles. The number of nitrogen functional groups attached to an aromatic ring is 1. The lowest BCUT2D eigenvalue weighted by atomic mass is 9.90. The number of amides is 7. The van der Waals surface area contributed by atoms with Crippen LogP contribution in [0, 0.1) is 13.8 Å². The topological polar surface area (TPSA) is 375 Å². The molecule has 0 saturated carbocycles. The number of carbonyl (C=O) groups is 9. The Kier molecular flexibility index (Phi) is 18.6. The molecule has 0 radical (unpaired) electrons. The number of H-pyrrole nitrogens is 1. The number of aromatic amines is 1. The highest BCUT2D eigenvalue weighted by molar-refractivity contribution is 8.00. The molecule has 6 heterocycles. The molecule has 1 fully saturated rings. The minimum absolute atomic E-state index is 0.0135. The third-order valence-corrected chi connectivity index (χ3v) is 14.6. The van der Waals surface area contributed by atoms with E-state index in [0.717, 1.165) is 25.6 Å². The number of anilines is 2. The minimum Gasteiger partial charge on any atom is -0.481 e. The zero-order valence-electron chi connectivity index (χ0n) is 43.8. The van der Waals surface area contributed by atoms with Gasteiger partial charge in [-0.15, -0.1) is 11.8 Å². The fourth-order valence-corrected chi connectivity index (χ4v) is 10.4. The molecule has 3 aliphatic rings. The van der Waals surface area contributed by atoms with Gasteiger partial charge in [0.2, 0.25) is 41.4 Å². The number of likely N-dealkylation sites (tertiary alicyclic amines) is 1. The Morgan fingerprint density at radius 2 is 1.64 bits per heavy atom. The number of imide groups is 1. The highest BCUT2D eigenvalue weighted by Gasteiger charge is 2.52. The van der Waals surface area contributed by atoms with E-state index in [1.807, 2.05) is 0 Å². The molecule has 4 aromatic rings. The van der Waals surface area contributed by atoms with Gasteiger partial charge in [-0.05, 0) is 82.1 Å². The second-order valence-corrected chi connectivity index (χ2v) is 20.5. The van der Waals surface area contributed by atoms with Crippen molar-refractivity contribution in [2.45, 2.75) is 109 Å². The van der Waals surface area contributed by atoms with E-state index in [9.17, 15) is 58.2 Å². The average molecular weight is 1130 g/mol. The Hall–Kier alpha value is -8.83. The van der Waals surface area contributed by atoms with E-state index in [0.29, 0.717) is 28.3 Å². The van der Waals surface area contributed by atoms with E-state index < -0.39 is 114 Å². The van der Waals surface area contributed by atoms with Crippen LogP contribution in [0.2, 0.25) is 0 Å². The van der Waals surface area contributed by atoms with Gasteiger partial charge < -0.3 is 65.4 Å². The fourth-order valence-electron chi connectivity index (χ4n) is 9.26. The van der Waals surface area contributed by atoms with Gasteiger partial charge in [-0.1, -0.05) is 0 Å². The Balaban J connectivity index is 0.944. The molecule has 11 N–H and O–H groups in total. The number of allylic oxidation sites excluding steroid dienone is 2. The van der Waals surface area contributed by atoms with E-state index in [4.69, 9.17) is 5.73 Å². The second kappa shape index (κ2) is 25.3. The third kappa shape index (κ3) is 14.1. The number of thioether (sulfide) groups is 1. The zero-order chi connectivity index (χ0) is 58.2. The number of nitrogens with two attached hydrogens (primary N) is 1. The van der Waals surface area contributed by atoms with E-state index in [2.05, 4.69) is 51.8 Å². The van der Waals surface area contributed by atoms with Gasteiger partial charge in [0.15, 0.2) is 16.9 Å². The summed E-state index contributed by atoms with van der Waals surface area (Å²) in [7, 11) is 0. The number of fused-ring (bicyclic) bond motifs is 3. The number of nitrogens with one attached hydrogen (secondary N) is 7. The number of aryl methyl sites for hydroxylation is 2. The maximum Gasteiger partial charge on any atom is 0.737 e. The van der Waals surface area contributed by atoms with Crippen LogP contribution in [-0.2, 0) is 44.9 Å². The molecule has 1 saturated heterocycles. The van der Waals surface area contributed by atoms with Gasteiger partial charge >= 0.3 is 18.9 Å². The summed E-state index contributed by atoms with van der Waals surface area (Å²) in [4.78, 5) is 145. The maximum absolute atomic E-state index is 16.0. The molecule has 3 aliphatic heterocycles. The fraction of sp³-hybridized carbons (Fsp3) is 0.400. The predicted molar refractivity (Wildman–Crippen MR) is 288 cm³/mol. The Bertz CT molecular complexity index is 3310. The summed E-state index contributed by atoms with van der Waals surface area (Å²) in [6, 6.07) is 2.26. The number of rotatable bonds is 26. The summed E-state index contributed by atoms with van der Waals surface area (Å²) in [6.07, 6.45) is 3.85. The van der Waals surface area contributed by atoms with Crippen LogP contribution in [0.15, 0.2) is 59.2 Å². The smallest absolute Gasteiger partial charge is 0.481 e. The average Bonchev–Trinajstić information content (AvgIpc) is 4.20. The molecule has 7 amide bonds. The monoisotopic (exact) mass is 1130 g/mol. The molecule has 30 heteroatoms. The van der Waals surface area contributed by atoms with Gasteiger partial charge in [0.1, 0.15) is 23.8 Å². The van der Waals surface area contributed by atoms with Crippen molar-refractivity contribution in [2.75, 3.05) is 29.9 Å². The van der Waals surface area contributed by atoms with Crippen molar-refractivity contribution in [3.63, 3.8) is 0 Å². The molecule has 7 rings (SSSR count). The first kappa shape index (κ1) is 58.8. The Morgan fingerprint density at radius 3 is 2.33 bits per heavy atom. The van der Waals surface area contributed by atoms with Crippen molar-refractivity contribution < 1.29 is 66.5 Å². The van der Waals surface area contributed by atoms with Crippen molar-refractivity contribution in [1.82, 2.24) is 55.9 Å². The number of hydrogen-bond donors (Lipinski definition) is 10. The molecular weight excluding hydrogens is 1070 g/mol. The molecular formula is C50H59BF2N14O12S. The summed E-state index contributed by atoms with van der Waals surface area (Å²) in [5.41, 5.74) is 8.29. The zero-order valence-corrected chi connectivity index (χ0v) is 44.7. The summed E-state index contributed by atoms with van der Waals surface area (Å²) in [5.74, 6) is -8.70. The Labute approximate surface area is 459 Å². The van der Waals surface area contributed by atoms with Crippen LogP contribution in [0.4, 0.5) is 20.3 Å². The highest BCUT2D eigenvalue weighted by Crippen LogP contribution is 2.34. The number of aromatic nitrogens is 5. The molecule has 3 aromatic heterocycles. The molecule has 424 valence electrons. The molecule has 1 aromatic carbocycles. The van der Waals surface area contributed by atoms with Gasteiger partial charge in [-0.2, -0.15) is 4.98 Å².